The lowest BCUT2D eigenvalue weighted by atomic mass is 10.3. The Kier molecular flexibility index (Phi) is 4.29. The van der Waals surface area contributed by atoms with Crippen molar-refractivity contribution >= 4 is 16.9 Å². The molecule has 0 radical (unpaired) electrons. The van der Waals surface area contributed by atoms with Crippen molar-refractivity contribution in [2.75, 3.05) is 25.6 Å². The highest BCUT2D eigenvalue weighted by atomic mass is 16.5. The molecule has 0 atom stereocenters. The number of benzene rings is 1. The minimum absolute atomic E-state index is 0.526. The van der Waals surface area contributed by atoms with Gasteiger partial charge in [0.1, 0.15) is 30.3 Å². The van der Waals surface area contributed by atoms with E-state index in [1.54, 1.807) is 13.3 Å². The van der Waals surface area contributed by atoms with E-state index in [4.69, 9.17) is 9.47 Å². The molecular weight excluding hydrogens is 280 g/mol. The molecule has 0 aliphatic heterocycles. The molecule has 0 amide bonds. The van der Waals surface area contributed by atoms with E-state index in [2.05, 4.69) is 20.3 Å². The van der Waals surface area contributed by atoms with Crippen LogP contribution in [0.2, 0.25) is 0 Å². The van der Waals surface area contributed by atoms with E-state index in [1.165, 1.54) is 6.33 Å². The quantitative estimate of drug-likeness (QED) is 0.705. The molecule has 0 aliphatic carbocycles. The highest BCUT2D eigenvalue weighted by Gasteiger charge is 2.03. The summed E-state index contributed by atoms with van der Waals surface area (Å²) < 4.78 is 10.8. The lowest BCUT2D eigenvalue weighted by Crippen LogP contribution is -2.12. The van der Waals surface area contributed by atoms with Gasteiger partial charge in [0.25, 0.3) is 0 Å². The highest BCUT2D eigenvalue weighted by molar-refractivity contribution is 5.85. The molecule has 0 unspecified atom stereocenters. The second-order valence-corrected chi connectivity index (χ2v) is 4.55. The highest BCUT2D eigenvalue weighted by Crippen LogP contribution is 2.18. The van der Waals surface area contributed by atoms with Gasteiger partial charge in [-0.3, -0.25) is 0 Å². The van der Waals surface area contributed by atoms with Crippen molar-refractivity contribution in [3.05, 3.63) is 48.9 Å². The van der Waals surface area contributed by atoms with Gasteiger partial charge in [-0.15, -0.1) is 0 Å². The van der Waals surface area contributed by atoms with Gasteiger partial charge in [0, 0.05) is 6.20 Å². The zero-order chi connectivity index (χ0) is 15.2. The third kappa shape index (κ3) is 3.22. The van der Waals surface area contributed by atoms with Crippen molar-refractivity contribution in [2.24, 2.45) is 0 Å². The average Bonchev–Trinajstić information content (AvgIpc) is 2.59. The van der Waals surface area contributed by atoms with E-state index < -0.39 is 0 Å². The number of hydrogen-bond acceptors (Lipinski definition) is 6. The Morgan fingerprint density at radius 3 is 2.64 bits per heavy atom. The van der Waals surface area contributed by atoms with E-state index in [1.807, 2.05) is 36.4 Å². The third-order valence-corrected chi connectivity index (χ3v) is 3.13. The molecule has 0 fully saturated rings. The summed E-state index contributed by atoms with van der Waals surface area (Å²) in [6, 6.07) is 11.3. The molecule has 2 heterocycles. The van der Waals surface area contributed by atoms with E-state index in [0.717, 1.165) is 22.7 Å². The Morgan fingerprint density at radius 1 is 1.00 bits per heavy atom. The van der Waals surface area contributed by atoms with Gasteiger partial charge in [-0.05, 0) is 36.4 Å². The molecule has 6 heteroatoms. The number of methoxy groups -OCH3 is 1. The van der Waals surface area contributed by atoms with E-state index in [0.29, 0.717) is 18.8 Å². The fraction of sp³-hybridized carbons (Fsp3) is 0.188. The topological polar surface area (TPSA) is 69.2 Å². The molecule has 2 aromatic heterocycles. The van der Waals surface area contributed by atoms with Gasteiger partial charge < -0.3 is 14.8 Å². The summed E-state index contributed by atoms with van der Waals surface area (Å²) in [5.74, 6) is 2.37. The zero-order valence-electron chi connectivity index (χ0n) is 12.2. The predicted octanol–water partition coefficient (Wildman–Crippen LogP) is 2.52. The second kappa shape index (κ2) is 6.71. The molecule has 6 nitrogen and oxygen atoms in total. The molecule has 0 saturated heterocycles. The molecule has 0 bridgehead atoms. The minimum atomic E-state index is 0.526. The van der Waals surface area contributed by atoms with Crippen molar-refractivity contribution in [1.29, 1.82) is 0 Å². The average molecular weight is 296 g/mol. The molecule has 0 aliphatic rings. The van der Waals surface area contributed by atoms with E-state index in [-0.39, 0.29) is 0 Å². The Hall–Kier alpha value is -2.89. The summed E-state index contributed by atoms with van der Waals surface area (Å²) >= 11 is 0. The molecule has 112 valence electrons. The summed E-state index contributed by atoms with van der Waals surface area (Å²) in [7, 11) is 1.64. The molecular formula is C16H16N4O2. The van der Waals surface area contributed by atoms with Crippen LogP contribution in [0.5, 0.6) is 11.5 Å². The lowest BCUT2D eigenvalue weighted by molar-refractivity contribution is 0.331. The van der Waals surface area contributed by atoms with Crippen LogP contribution in [0, 0.1) is 0 Å². The molecule has 3 aromatic rings. The van der Waals surface area contributed by atoms with Gasteiger partial charge in [-0.1, -0.05) is 0 Å². The van der Waals surface area contributed by atoms with Crippen molar-refractivity contribution in [3.63, 3.8) is 0 Å². The van der Waals surface area contributed by atoms with Crippen molar-refractivity contribution in [2.45, 2.75) is 0 Å². The monoisotopic (exact) mass is 296 g/mol. The first-order chi connectivity index (χ1) is 10.9. The summed E-state index contributed by atoms with van der Waals surface area (Å²) in [6.45, 7) is 1.16. The van der Waals surface area contributed by atoms with Gasteiger partial charge >= 0.3 is 0 Å². The van der Waals surface area contributed by atoms with Crippen LogP contribution in [-0.4, -0.2) is 35.2 Å². The SMILES string of the molecule is COc1ccc(OCCNc2ncnc3ncccc23)cc1. The molecule has 1 N–H and O–H groups in total. The molecule has 22 heavy (non-hydrogen) atoms. The van der Waals surface area contributed by atoms with Gasteiger partial charge in [-0.25, -0.2) is 15.0 Å². The number of anilines is 1. The number of pyridine rings is 1. The lowest BCUT2D eigenvalue weighted by Gasteiger charge is -2.09. The number of hydrogen-bond donors (Lipinski definition) is 1. The van der Waals surface area contributed by atoms with Crippen molar-refractivity contribution in [1.82, 2.24) is 15.0 Å². The van der Waals surface area contributed by atoms with Crippen LogP contribution in [0.1, 0.15) is 0 Å². The minimum Gasteiger partial charge on any atom is -0.497 e. The first-order valence-corrected chi connectivity index (χ1v) is 6.93. The maximum absolute atomic E-state index is 5.66. The Balaban J connectivity index is 1.56. The number of aromatic nitrogens is 3. The van der Waals surface area contributed by atoms with Crippen LogP contribution in [0.25, 0.3) is 11.0 Å². The number of ether oxygens (including phenoxy) is 2. The summed E-state index contributed by atoms with van der Waals surface area (Å²) in [5, 5.41) is 4.14. The standard InChI is InChI=1S/C16H16N4O2/c1-21-12-4-6-13(7-5-12)22-10-9-18-16-14-3-2-8-17-15(14)19-11-20-16/h2-8,11H,9-10H2,1H3,(H,17,18,19,20). The summed E-state index contributed by atoms with van der Waals surface area (Å²) in [5.41, 5.74) is 0.677. The van der Waals surface area contributed by atoms with Gasteiger partial charge in [0.05, 0.1) is 19.0 Å². The fourth-order valence-corrected chi connectivity index (χ4v) is 2.05. The predicted molar refractivity (Wildman–Crippen MR) is 84.3 cm³/mol. The van der Waals surface area contributed by atoms with Crippen LogP contribution in [0.4, 0.5) is 5.82 Å². The summed E-state index contributed by atoms with van der Waals surface area (Å²) in [6.07, 6.45) is 3.22. The Labute approximate surface area is 128 Å². The Morgan fingerprint density at radius 2 is 1.82 bits per heavy atom. The normalized spacial score (nSPS) is 10.4. The fourth-order valence-electron chi connectivity index (χ4n) is 2.05. The number of fused-ring (bicyclic) bond motifs is 1. The summed E-state index contributed by atoms with van der Waals surface area (Å²) in [4.78, 5) is 12.6. The van der Waals surface area contributed by atoms with E-state index >= 15 is 0 Å². The van der Waals surface area contributed by atoms with E-state index in [9.17, 15) is 0 Å². The first-order valence-electron chi connectivity index (χ1n) is 6.93. The van der Waals surface area contributed by atoms with Crippen molar-refractivity contribution < 1.29 is 9.47 Å². The maximum Gasteiger partial charge on any atom is 0.164 e. The third-order valence-electron chi connectivity index (χ3n) is 3.13. The number of nitrogens with one attached hydrogen (secondary N) is 1. The van der Waals surface area contributed by atoms with Crippen LogP contribution in [-0.2, 0) is 0 Å². The van der Waals surface area contributed by atoms with Crippen LogP contribution < -0.4 is 14.8 Å². The molecule has 1 aromatic carbocycles. The second-order valence-electron chi connectivity index (χ2n) is 4.55. The number of rotatable bonds is 6. The Bertz CT molecular complexity index is 741. The van der Waals surface area contributed by atoms with Crippen LogP contribution in [0.15, 0.2) is 48.9 Å². The van der Waals surface area contributed by atoms with Gasteiger partial charge in [0.15, 0.2) is 5.65 Å². The molecule has 0 spiro atoms. The maximum atomic E-state index is 5.66. The largest absolute Gasteiger partial charge is 0.497 e. The number of nitrogens with zero attached hydrogens (tertiary/aromatic N) is 3. The van der Waals surface area contributed by atoms with Crippen molar-refractivity contribution in [3.8, 4) is 11.5 Å². The zero-order valence-corrected chi connectivity index (χ0v) is 12.2. The van der Waals surface area contributed by atoms with Gasteiger partial charge in [-0.2, -0.15) is 0 Å². The van der Waals surface area contributed by atoms with Crippen LogP contribution in [0.3, 0.4) is 0 Å². The van der Waals surface area contributed by atoms with Crippen LogP contribution >= 0.6 is 0 Å². The first kappa shape index (κ1) is 14.1. The molecule has 0 saturated carbocycles. The molecule has 3 rings (SSSR count). The van der Waals surface area contributed by atoms with Gasteiger partial charge in [0.2, 0.25) is 0 Å². The smallest absolute Gasteiger partial charge is 0.164 e.